The van der Waals surface area contributed by atoms with Crippen molar-refractivity contribution in [1.29, 1.82) is 0 Å². The fourth-order valence-electron chi connectivity index (χ4n) is 1.95. The Balaban J connectivity index is 2.11. The number of thiazole rings is 1. The van der Waals surface area contributed by atoms with E-state index in [1.807, 2.05) is 35.7 Å². The van der Waals surface area contributed by atoms with Crippen molar-refractivity contribution in [2.75, 3.05) is 11.9 Å². The number of anilines is 1. The van der Waals surface area contributed by atoms with Gasteiger partial charge in [-0.05, 0) is 5.56 Å². The maximum absolute atomic E-state index is 12.4. The van der Waals surface area contributed by atoms with Crippen LogP contribution in [-0.4, -0.2) is 17.4 Å². The average molecular weight is 303 g/mol. The number of nitrogens with two attached hydrogens (primary N) is 1. The monoisotopic (exact) mass is 303 g/mol. The fourth-order valence-corrected chi connectivity index (χ4v) is 2.89. The summed E-state index contributed by atoms with van der Waals surface area (Å²) in [6.45, 7) is 6.56. The third-order valence-electron chi connectivity index (χ3n) is 3.26. The molecule has 0 aliphatic carbocycles. The van der Waals surface area contributed by atoms with Crippen molar-refractivity contribution in [2.45, 2.75) is 32.1 Å². The highest BCUT2D eigenvalue weighted by atomic mass is 32.1. The zero-order chi connectivity index (χ0) is 15.5. The Morgan fingerprint density at radius 3 is 2.52 bits per heavy atom. The van der Waals surface area contributed by atoms with E-state index in [9.17, 15) is 4.79 Å². The fraction of sp³-hybridized carbons (Fsp3) is 0.375. The summed E-state index contributed by atoms with van der Waals surface area (Å²) in [6, 6.07) is 9.57. The first-order valence-electron chi connectivity index (χ1n) is 6.93. The first-order valence-corrected chi connectivity index (χ1v) is 7.81. The first kappa shape index (κ1) is 15.7. The van der Waals surface area contributed by atoms with Gasteiger partial charge in [-0.1, -0.05) is 51.1 Å². The number of hydrogen-bond acceptors (Lipinski definition) is 4. The Kier molecular flexibility index (Phi) is 4.75. The van der Waals surface area contributed by atoms with Crippen molar-refractivity contribution >= 4 is 22.4 Å². The zero-order valence-electron chi connectivity index (χ0n) is 12.6. The van der Waals surface area contributed by atoms with Crippen molar-refractivity contribution in [3.8, 4) is 0 Å². The minimum absolute atomic E-state index is 0.0217. The van der Waals surface area contributed by atoms with Gasteiger partial charge in [0.25, 0.3) is 0 Å². The van der Waals surface area contributed by atoms with Gasteiger partial charge in [0.15, 0.2) is 5.13 Å². The number of aromatic nitrogens is 1. The van der Waals surface area contributed by atoms with E-state index in [0.29, 0.717) is 5.13 Å². The van der Waals surface area contributed by atoms with E-state index in [4.69, 9.17) is 5.73 Å². The predicted octanol–water partition coefficient (Wildman–Crippen LogP) is 3.12. The summed E-state index contributed by atoms with van der Waals surface area (Å²) in [5, 5.41) is 5.48. The molecule has 21 heavy (non-hydrogen) atoms. The quantitative estimate of drug-likeness (QED) is 0.912. The summed E-state index contributed by atoms with van der Waals surface area (Å²) >= 11 is 1.44. The molecule has 0 radical (unpaired) electrons. The highest BCUT2D eigenvalue weighted by Gasteiger charge is 2.22. The molecule has 112 valence electrons. The van der Waals surface area contributed by atoms with Crippen LogP contribution in [0.5, 0.6) is 0 Å². The SMILES string of the molecule is CC(C)(C)c1csc(NC(=O)C(CN)c2ccccc2)n1. The molecule has 1 aromatic carbocycles. The molecule has 1 amide bonds. The highest BCUT2D eigenvalue weighted by molar-refractivity contribution is 7.14. The smallest absolute Gasteiger partial charge is 0.234 e. The number of carbonyl (C=O) groups excluding carboxylic acids is 1. The number of amides is 1. The Labute approximate surface area is 129 Å². The second kappa shape index (κ2) is 6.37. The van der Waals surface area contributed by atoms with Gasteiger partial charge in [0, 0.05) is 17.3 Å². The van der Waals surface area contributed by atoms with Gasteiger partial charge in [-0.2, -0.15) is 0 Å². The average Bonchev–Trinajstić information content (AvgIpc) is 2.89. The molecule has 0 aliphatic rings. The normalized spacial score (nSPS) is 13.0. The highest BCUT2D eigenvalue weighted by Crippen LogP contribution is 2.27. The van der Waals surface area contributed by atoms with Crippen LogP contribution in [0.25, 0.3) is 0 Å². The maximum atomic E-state index is 12.4. The number of hydrogen-bond donors (Lipinski definition) is 2. The van der Waals surface area contributed by atoms with Crippen molar-refractivity contribution in [3.63, 3.8) is 0 Å². The molecule has 2 aromatic rings. The number of rotatable bonds is 4. The summed E-state index contributed by atoms with van der Waals surface area (Å²) in [5.41, 5.74) is 7.63. The molecule has 0 saturated heterocycles. The second-order valence-electron chi connectivity index (χ2n) is 5.98. The van der Waals surface area contributed by atoms with Gasteiger partial charge in [0.2, 0.25) is 5.91 Å². The number of carbonyl (C=O) groups is 1. The van der Waals surface area contributed by atoms with Gasteiger partial charge >= 0.3 is 0 Å². The van der Waals surface area contributed by atoms with E-state index in [-0.39, 0.29) is 23.8 Å². The van der Waals surface area contributed by atoms with Gasteiger partial charge in [0.05, 0.1) is 11.6 Å². The Bertz CT molecular complexity index is 601. The number of nitrogens with one attached hydrogen (secondary N) is 1. The van der Waals surface area contributed by atoms with Crippen LogP contribution in [-0.2, 0) is 10.2 Å². The van der Waals surface area contributed by atoms with Crippen molar-refractivity contribution in [1.82, 2.24) is 4.98 Å². The van der Waals surface area contributed by atoms with Crippen LogP contribution >= 0.6 is 11.3 Å². The molecule has 3 N–H and O–H groups in total. The Hall–Kier alpha value is -1.72. The molecule has 0 fully saturated rings. The second-order valence-corrected chi connectivity index (χ2v) is 6.83. The van der Waals surface area contributed by atoms with Crippen molar-refractivity contribution in [2.24, 2.45) is 5.73 Å². The molecule has 1 heterocycles. The minimum Gasteiger partial charge on any atom is -0.329 e. The summed E-state index contributed by atoms with van der Waals surface area (Å²) in [6.07, 6.45) is 0. The lowest BCUT2D eigenvalue weighted by Crippen LogP contribution is -2.27. The van der Waals surface area contributed by atoms with Gasteiger partial charge in [0.1, 0.15) is 0 Å². The molecule has 0 aliphatic heterocycles. The largest absolute Gasteiger partial charge is 0.329 e. The number of nitrogens with zero attached hydrogens (tertiary/aromatic N) is 1. The minimum atomic E-state index is -0.354. The van der Waals surface area contributed by atoms with E-state index < -0.39 is 0 Å². The third kappa shape index (κ3) is 3.89. The van der Waals surface area contributed by atoms with Crippen LogP contribution in [0.3, 0.4) is 0 Å². The Morgan fingerprint density at radius 1 is 1.33 bits per heavy atom. The molecule has 0 bridgehead atoms. The van der Waals surface area contributed by atoms with Crippen molar-refractivity contribution < 1.29 is 4.79 Å². The van der Waals surface area contributed by atoms with Crippen LogP contribution in [0.4, 0.5) is 5.13 Å². The molecule has 4 nitrogen and oxygen atoms in total. The summed E-state index contributed by atoms with van der Waals surface area (Å²) in [5.74, 6) is -0.466. The van der Waals surface area contributed by atoms with Crippen LogP contribution in [0, 0.1) is 0 Å². The summed E-state index contributed by atoms with van der Waals surface area (Å²) in [4.78, 5) is 16.9. The molecule has 0 spiro atoms. The standard InChI is InChI=1S/C16H21N3OS/c1-16(2,3)13-10-21-15(18-13)19-14(20)12(9-17)11-7-5-4-6-8-11/h4-8,10,12H,9,17H2,1-3H3,(H,18,19,20). The lowest BCUT2D eigenvalue weighted by molar-refractivity contribution is -0.117. The molecule has 1 aromatic heterocycles. The van der Waals surface area contributed by atoms with E-state index in [1.54, 1.807) is 0 Å². The van der Waals surface area contributed by atoms with Crippen LogP contribution in [0.1, 0.15) is 37.9 Å². The molecular weight excluding hydrogens is 282 g/mol. The number of benzene rings is 1. The van der Waals surface area contributed by atoms with Crippen LogP contribution < -0.4 is 11.1 Å². The van der Waals surface area contributed by atoms with Crippen LogP contribution in [0.2, 0.25) is 0 Å². The lowest BCUT2D eigenvalue weighted by atomic mass is 9.93. The lowest BCUT2D eigenvalue weighted by Gasteiger charge is -2.15. The van der Waals surface area contributed by atoms with Gasteiger partial charge < -0.3 is 11.1 Å². The maximum Gasteiger partial charge on any atom is 0.234 e. The first-order chi connectivity index (χ1) is 9.91. The molecular formula is C16H21N3OS. The molecule has 1 unspecified atom stereocenters. The van der Waals surface area contributed by atoms with E-state index in [0.717, 1.165) is 11.3 Å². The third-order valence-corrected chi connectivity index (χ3v) is 4.01. The van der Waals surface area contributed by atoms with Crippen LogP contribution in [0.15, 0.2) is 35.7 Å². The predicted molar refractivity (Wildman–Crippen MR) is 87.7 cm³/mol. The molecule has 1 atom stereocenters. The molecule has 0 saturated carbocycles. The molecule has 2 rings (SSSR count). The van der Waals surface area contributed by atoms with Gasteiger partial charge in [-0.15, -0.1) is 11.3 Å². The summed E-state index contributed by atoms with van der Waals surface area (Å²) in [7, 11) is 0. The Morgan fingerprint density at radius 2 is 2.00 bits per heavy atom. The van der Waals surface area contributed by atoms with Crippen molar-refractivity contribution in [3.05, 3.63) is 47.0 Å². The van der Waals surface area contributed by atoms with Gasteiger partial charge in [-0.25, -0.2) is 4.98 Å². The summed E-state index contributed by atoms with van der Waals surface area (Å²) < 4.78 is 0. The topological polar surface area (TPSA) is 68.0 Å². The zero-order valence-corrected chi connectivity index (χ0v) is 13.4. The van der Waals surface area contributed by atoms with Gasteiger partial charge in [-0.3, -0.25) is 4.79 Å². The van der Waals surface area contributed by atoms with E-state index >= 15 is 0 Å². The van der Waals surface area contributed by atoms with E-state index in [1.165, 1.54) is 11.3 Å². The van der Waals surface area contributed by atoms with E-state index in [2.05, 4.69) is 31.1 Å². The molecule has 5 heteroatoms.